The first-order chi connectivity index (χ1) is 21.1. The first kappa shape index (κ1) is 34.0. The van der Waals surface area contributed by atoms with E-state index in [1.807, 2.05) is 18.2 Å². The SMILES string of the molecule is C=CCCCCCCCCCOc1ccc(C(=O)On2c(=O)ccc3cc(OCCCCCCCCCC)ccc32)cc1. The van der Waals surface area contributed by atoms with Gasteiger partial charge in [-0.05, 0) is 74.2 Å². The van der Waals surface area contributed by atoms with Crippen LogP contribution in [0.25, 0.3) is 10.9 Å². The summed E-state index contributed by atoms with van der Waals surface area (Å²) < 4.78 is 12.8. The average Bonchev–Trinajstić information content (AvgIpc) is 3.02. The highest BCUT2D eigenvalue weighted by Crippen LogP contribution is 2.21. The van der Waals surface area contributed by atoms with Crippen LogP contribution in [0.5, 0.6) is 11.5 Å². The summed E-state index contributed by atoms with van der Waals surface area (Å²) in [5.41, 5.74) is 0.445. The Kier molecular flexibility index (Phi) is 16.1. The zero-order valence-corrected chi connectivity index (χ0v) is 26.2. The Morgan fingerprint density at radius 2 is 1.26 bits per heavy atom. The van der Waals surface area contributed by atoms with E-state index in [0.717, 1.165) is 41.5 Å². The molecule has 0 saturated heterocycles. The van der Waals surface area contributed by atoms with Crippen LogP contribution in [-0.4, -0.2) is 23.9 Å². The summed E-state index contributed by atoms with van der Waals surface area (Å²) in [6.07, 6.45) is 21.5. The number of hydrogen-bond acceptors (Lipinski definition) is 5. The van der Waals surface area contributed by atoms with Crippen molar-refractivity contribution >= 4 is 16.9 Å². The summed E-state index contributed by atoms with van der Waals surface area (Å²) in [7, 11) is 0. The molecule has 6 nitrogen and oxygen atoms in total. The molecule has 2 aromatic carbocycles. The van der Waals surface area contributed by atoms with Crippen LogP contribution in [0.3, 0.4) is 0 Å². The van der Waals surface area contributed by atoms with E-state index in [2.05, 4.69) is 13.5 Å². The van der Waals surface area contributed by atoms with Crippen LogP contribution in [0.2, 0.25) is 0 Å². The second-order valence-electron chi connectivity index (χ2n) is 11.3. The Balaban J connectivity index is 1.42. The van der Waals surface area contributed by atoms with Gasteiger partial charge in [-0.2, -0.15) is 0 Å². The normalized spacial score (nSPS) is 11.0. The molecule has 3 rings (SSSR count). The van der Waals surface area contributed by atoms with Gasteiger partial charge in [0, 0.05) is 11.5 Å². The van der Waals surface area contributed by atoms with Gasteiger partial charge < -0.3 is 14.3 Å². The monoisotopic (exact) mass is 589 g/mol. The number of ether oxygens (including phenoxy) is 2. The topological polar surface area (TPSA) is 66.8 Å². The van der Waals surface area contributed by atoms with E-state index >= 15 is 0 Å². The second kappa shape index (κ2) is 20.4. The number of rotatable bonds is 23. The van der Waals surface area contributed by atoms with E-state index in [0.29, 0.717) is 30.0 Å². The number of benzene rings is 2. The summed E-state index contributed by atoms with van der Waals surface area (Å²) in [6.45, 7) is 7.31. The van der Waals surface area contributed by atoms with Crippen molar-refractivity contribution in [2.75, 3.05) is 13.2 Å². The maximum atomic E-state index is 12.9. The number of allylic oxidation sites excluding steroid dienone is 1. The van der Waals surface area contributed by atoms with Crippen LogP contribution < -0.4 is 19.9 Å². The average molecular weight is 590 g/mol. The molecule has 0 N–H and O–H groups in total. The Bertz CT molecular complexity index is 1280. The van der Waals surface area contributed by atoms with Gasteiger partial charge in [0.1, 0.15) is 11.5 Å². The van der Waals surface area contributed by atoms with Crippen molar-refractivity contribution in [3.8, 4) is 11.5 Å². The van der Waals surface area contributed by atoms with E-state index in [-0.39, 0.29) is 0 Å². The van der Waals surface area contributed by atoms with Crippen LogP contribution >= 0.6 is 0 Å². The van der Waals surface area contributed by atoms with Crippen molar-refractivity contribution in [1.29, 1.82) is 0 Å². The molecule has 0 aliphatic heterocycles. The third-order valence-corrected chi connectivity index (χ3v) is 7.68. The molecule has 0 bridgehead atoms. The van der Waals surface area contributed by atoms with Crippen LogP contribution in [0.4, 0.5) is 0 Å². The maximum Gasteiger partial charge on any atom is 0.363 e. The smallest absolute Gasteiger partial charge is 0.363 e. The lowest BCUT2D eigenvalue weighted by atomic mass is 10.1. The molecule has 0 fully saturated rings. The fourth-order valence-electron chi connectivity index (χ4n) is 5.10. The number of aromatic nitrogens is 1. The molecule has 0 aliphatic carbocycles. The fraction of sp³-hybridized carbons (Fsp3) is 0.514. The van der Waals surface area contributed by atoms with Gasteiger partial charge >= 0.3 is 5.97 Å². The molecule has 1 heterocycles. The number of nitrogens with zero attached hydrogens (tertiary/aromatic N) is 1. The number of pyridine rings is 1. The molecular formula is C37H51NO5. The van der Waals surface area contributed by atoms with Gasteiger partial charge in [0.2, 0.25) is 0 Å². The Hall–Kier alpha value is -3.54. The molecule has 234 valence electrons. The molecule has 1 aromatic heterocycles. The van der Waals surface area contributed by atoms with Gasteiger partial charge in [0.25, 0.3) is 5.56 Å². The highest BCUT2D eigenvalue weighted by Gasteiger charge is 2.13. The third kappa shape index (κ3) is 12.7. The maximum absolute atomic E-state index is 12.9. The summed E-state index contributed by atoms with van der Waals surface area (Å²) in [6, 6.07) is 15.4. The number of carbonyl (C=O) groups is 1. The lowest BCUT2D eigenvalue weighted by molar-refractivity contribution is 0.0466. The van der Waals surface area contributed by atoms with Crippen molar-refractivity contribution in [2.45, 2.75) is 110 Å². The first-order valence-electron chi connectivity index (χ1n) is 16.5. The van der Waals surface area contributed by atoms with Crippen molar-refractivity contribution < 1.29 is 19.1 Å². The molecule has 0 saturated carbocycles. The zero-order chi connectivity index (χ0) is 30.5. The lowest BCUT2D eigenvalue weighted by Gasteiger charge is -2.12. The first-order valence-corrected chi connectivity index (χ1v) is 16.5. The predicted octanol–water partition coefficient (Wildman–Crippen LogP) is 9.48. The van der Waals surface area contributed by atoms with Gasteiger partial charge in [0.15, 0.2) is 0 Å². The standard InChI is InChI=1S/C37H51NO5/c1-3-5-7-9-11-13-15-16-18-28-41-33-23-20-31(21-24-33)37(40)43-38-35-26-25-34(30-32(35)22-27-36(38)39)42-29-19-17-14-12-10-8-6-4-2/h3,20-27,30H,1,4-19,28-29H2,2H3. The fourth-order valence-corrected chi connectivity index (χ4v) is 5.10. The van der Waals surface area contributed by atoms with Crippen molar-refractivity contribution in [3.05, 3.63) is 83.2 Å². The van der Waals surface area contributed by atoms with Gasteiger partial charge in [-0.1, -0.05) is 90.0 Å². The number of hydrogen-bond donors (Lipinski definition) is 0. The quantitative estimate of drug-likeness (QED) is 0.0814. The Morgan fingerprint density at radius 3 is 1.88 bits per heavy atom. The Labute approximate surface area is 258 Å². The number of carbonyl (C=O) groups excluding carboxylic acids is 1. The van der Waals surface area contributed by atoms with E-state index in [9.17, 15) is 9.59 Å². The van der Waals surface area contributed by atoms with Crippen LogP contribution in [0.15, 0.2) is 72.0 Å². The van der Waals surface area contributed by atoms with Crippen LogP contribution in [-0.2, 0) is 0 Å². The molecule has 0 unspecified atom stereocenters. The summed E-state index contributed by atoms with van der Waals surface area (Å²) in [5.74, 6) is 0.842. The predicted molar refractivity (Wildman–Crippen MR) is 176 cm³/mol. The molecule has 0 aliphatic rings. The minimum Gasteiger partial charge on any atom is -0.494 e. The molecular weight excluding hydrogens is 538 g/mol. The van der Waals surface area contributed by atoms with E-state index in [1.54, 1.807) is 36.4 Å². The van der Waals surface area contributed by atoms with Gasteiger partial charge in [0.05, 0.1) is 24.3 Å². The van der Waals surface area contributed by atoms with E-state index < -0.39 is 11.5 Å². The van der Waals surface area contributed by atoms with Gasteiger partial charge in [-0.25, -0.2) is 4.79 Å². The van der Waals surface area contributed by atoms with E-state index in [1.165, 1.54) is 83.1 Å². The van der Waals surface area contributed by atoms with Gasteiger partial charge in [-0.15, -0.1) is 11.3 Å². The summed E-state index contributed by atoms with van der Waals surface area (Å²) >= 11 is 0. The highest BCUT2D eigenvalue weighted by molar-refractivity contribution is 5.90. The van der Waals surface area contributed by atoms with Crippen molar-refractivity contribution in [3.63, 3.8) is 0 Å². The summed E-state index contributed by atoms with van der Waals surface area (Å²) in [4.78, 5) is 31.0. The Morgan fingerprint density at radius 1 is 0.698 bits per heavy atom. The van der Waals surface area contributed by atoms with Crippen LogP contribution in [0.1, 0.15) is 120 Å². The summed E-state index contributed by atoms with van der Waals surface area (Å²) in [5, 5.41) is 0.761. The molecule has 3 aromatic rings. The van der Waals surface area contributed by atoms with E-state index in [4.69, 9.17) is 14.3 Å². The third-order valence-electron chi connectivity index (χ3n) is 7.68. The minimum atomic E-state index is -0.607. The van der Waals surface area contributed by atoms with Crippen molar-refractivity contribution in [1.82, 2.24) is 4.73 Å². The zero-order valence-electron chi connectivity index (χ0n) is 26.2. The number of fused-ring (bicyclic) bond motifs is 1. The van der Waals surface area contributed by atoms with Crippen LogP contribution in [0, 0.1) is 0 Å². The van der Waals surface area contributed by atoms with Gasteiger partial charge in [-0.3, -0.25) is 4.79 Å². The molecule has 43 heavy (non-hydrogen) atoms. The molecule has 0 amide bonds. The minimum absolute atomic E-state index is 0.345. The molecule has 0 radical (unpaired) electrons. The highest BCUT2D eigenvalue weighted by atomic mass is 16.7. The lowest BCUT2D eigenvalue weighted by Crippen LogP contribution is -2.30. The number of unbranched alkanes of at least 4 members (excludes halogenated alkanes) is 14. The molecule has 0 atom stereocenters. The van der Waals surface area contributed by atoms with Crippen molar-refractivity contribution in [2.24, 2.45) is 0 Å². The molecule has 6 heteroatoms. The second-order valence-corrected chi connectivity index (χ2v) is 11.3. The largest absolute Gasteiger partial charge is 0.494 e. The molecule has 0 spiro atoms.